The fraction of sp³-hybridized carbons (Fsp3) is 0.556. The van der Waals surface area contributed by atoms with E-state index >= 15 is 0 Å². The summed E-state index contributed by atoms with van der Waals surface area (Å²) >= 11 is 0. The molecule has 1 heterocycles. The first kappa shape index (κ1) is 16.8. The lowest BCUT2D eigenvalue weighted by atomic mass is 9.89. The Bertz CT molecular complexity index is 629. The van der Waals surface area contributed by atoms with Crippen molar-refractivity contribution in [3.8, 4) is 5.75 Å². The van der Waals surface area contributed by atoms with Crippen molar-refractivity contribution in [2.75, 3.05) is 19.7 Å². The number of nitrogens with zero attached hydrogens (tertiary/aromatic N) is 1. The van der Waals surface area contributed by atoms with Gasteiger partial charge in [0.05, 0.1) is 30.7 Å². The standard InChI is InChI=1S/C18H24N2O4/c19-16(21)10-18(23)8-3-9-20(12-18)17(22)14-4-1-2-5-15(14)24-11-13-6-7-13/h1-2,4-5,13,23H,3,6-12H2,(H2,19,21). The molecule has 1 saturated heterocycles. The monoisotopic (exact) mass is 332 g/mol. The quantitative estimate of drug-likeness (QED) is 0.821. The number of hydrogen-bond acceptors (Lipinski definition) is 4. The van der Waals surface area contributed by atoms with Gasteiger partial charge in [0, 0.05) is 6.54 Å². The Morgan fingerprint density at radius 1 is 1.33 bits per heavy atom. The lowest BCUT2D eigenvalue weighted by molar-refractivity contribution is -0.125. The predicted octanol–water partition coefficient (Wildman–Crippen LogP) is 1.32. The molecular weight excluding hydrogens is 308 g/mol. The minimum atomic E-state index is -1.23. The molecule has 1 aromatic rings. The van der Waals surface area contributed by atoms with Crippen molar-refractivity contribution in [3.05, 3.63) is 29.8 Å². The topological polar surface area (TPSA) is 92.9 Å². The second-order valence-corrected chi connectivity index (χ2v) is 6.95. The maximum absolute atomic E-state index is 12.9. The molecule has 6 nitrogen and oxygen atoms in total. The Hall–Kier alpha value is -2.08. The van der Waals surface area contributed by atoms with Gasteiger partial charge in [0.25, 0.3) is 5.91 Å². The van der Waals surface area contributed by atoms with Crippen molar-refractivity contribution in [3.63, 3.8) is 0 Å². The molecule has 130 valence electrons. The number of ether oxygens (including phenoxy) is 1. The van der Waals surface area contributed by atoms with Crippen molar-refractivity contribution in [1.29, 1.82) is 0 Å². The summed E-state index contributed by atoms with van der Waals surface area (Å²) in [4.78, 5) is 25.6. The van der Waals surface area contributed by atoms with Gasteiger partial charge in [-0.25, -0.2) is 0 Å². The number of rotatable bonds is 6. The number of primary amides is 1. The molecule has 24 heavy (non-hydrogen) atoms. The lowest BCUT2D eigenvalue weighted by Crippen LogP contribution is -2.51. The molecular formula is C18H24N2O4. The largest absolute Gasteiger partial charge is 0.492 e. The van der Waals surface area contributed by atoms with Crippen LogP contribution in [0.2, 0.25) is 0 Å². The van der Waals surface area contributed by atoms with Crippen LogP contribution in [-0.4, -0.2) is 47.1 Å². The number of aliphatic hydroxyl groups is 1. The normalized spacial score (nSPS) is 23.8. The first-order valence-electron chi connectivity index (χ1n) is 8.49. The molecule has 0 radical (unpaired) electrons. The van der Waals surface area contributed by atoms with Gasteiger partial charge in [-0.05, 0) is 43.7 Å². The van der Waals surface area contributed by atoms with Crippen molar-refractivity contribution in [1.82, 2.24) is 4.90 Å². The Kier molecular flexibility index (Phi) is 4.76. The van der Waals surface area contributed by atoms with Crippen LogP contribution in [0.1, 0.15) is 42.5 Å². The van der Waals surface area contributed by atoms with Crippen LogP contribution < -0.4 is 10.5 Å². The smallest absolute Gasteiger partial charge is 0.257 e. The molecule has 1 aliphatic carbocycles. The third-order valence-corrected chi connectivity index (χ3v) is 4.63. The highest BCUT2D eigenvalue weighted by atomic mass is 16.5. The summed E-state index contributed by atoms with van der Waals surface area (Å²) in [6.45, 7) is 1.30. The highest BCUT2D eigenvalue weighted by Gasteiger charge is 2.37. The summed E-state index contributed by atoms with van der Waals surface area (Å²) in [5, 5.41) is 10.5. The van der Waals surface area contributed by atoms with Gasteiger partial charge < -0.3 is 20.5 Å². The Morgan fingerprint density at radius 2 is 2.08 bits per heavy atom. The SMILES string of the molecule is NC(=O)CC1(O)CCCN(C(=O)c2ccccc2OCC2CC2)C1. The Balaban J connectivity index is 1.72. The van der Waals surface area contributed by atoms with Crippen LogP contribution in [0, 0.1) is 5.92 Å². The number of amides is 2. The second-order valence-electron chi connectivity index (χ2n) is 6.95. The van der Waals surface area contributed by atoms with Crippen molar-refractivity contribution < 1.29 is 19.4 Å². The number of nitrogens with two attached hydrogens (primary N) is 1. The average Bonchev–Trinajstić information content (AvgIpc) is 3.35. The molecule has 1 aromatic carbocycles. The summed E-state index contributed by atoms with van der Waals surface area (Å²) in [7, 11) is 0. The van der Waals surface area contributed by atoms with E-state index in [9.17, 15) is 14.7 Å². The number of benzene rings is 1. The van der Waals surface area contributed by atoms with Gasteiger partial charge in [0.1, 0.15) is 5.75 Å². The Morgan fingerprint density at radius 3 is 2.79 bits per heavy atom. The van der Waals surface area contributed by atoms with Gasteiger partial charge in [-0.3, -0.25) is 9.59 Å². The fourth-order valence-electron chi connectivity index (χ4n) is 3.19. The minimum absolute atomic E-state index is 0.117. The number of carbonyl (C=O) groups excluding carboxylic acids is 2. The highest BCUT2D eigenvalue weighted by Crippen LogP contribution is 2.31. The van der Waals surface area contributed by atoms with E-state index in [4.69, 9.17) is 10.5 Å². The van der Waals surface area contributed by atoms with Crippen LogP contribution >= 0.6 is 0 Å². The molecule has 1 atom stereocenters. The van der Waals surface area contributed by atoms with Crippen LogP contribution in [0.3, 0.4) is 0 Å². The molecule has 2 fully saturated rings. The number of β-amino-alcohol motifs (C(OH)–C–C–N with tert-alkyl or cyclic N) is 1. The van der Waals surface area contributed by atoms with Crippen molar-refractivity contribution in [2.24, 2.45) is 11.7 Å². The Labute approximate surface area is 141 Å². The van der Waals surface area contributed by atoms with E-state index in [1.807, 2.05) is 6.07 Å². The zero-order chi connectivity index (χ0) is 17.2. The molecule has 3 rings (SSSR count). The molecule has 2 amide bonds. The first-order chi connectivity index (χ1) is 11.5. The van der Waals surface area contributed by atoms with Crippen LogP contribution in [0.5, 0.6) is 5.75 Å². The molecule has 0 aromatic heterocycles. The van der Waals surface area contributed by atoms with E-state index in [1.165, 1.54) is 12.8 Å². The molecule has 3 N–H and O–H groups in total. The molecule has 1 unspecified atom stereocenters. The minimum Gasteiger partial charge on any atom is -0.492 e. The van der Waals surface area contributed by atoms with Crippen LogP contribution in [0.15, 0.2) is 24.3 Å². The lowest BCUT2D eigenvalue weighted by Gasteiger charge is -2.38. The summed E-state index contributed by atoms with van der Waals surface area (Å²) < 4.78 is 5.81. The molecule has 6 heteroatoms. The van der Waals surface area contributed by atoms with E-state index in [0.717, 1.165) is 0 Å². The predicted molar refractivity (Wildman–Crippen MR) is 88.6 cm³/mol. The van der Waals surface area contributed by atoms with Crippen molar-refractivity contribution >= 4 is 11.8 Å². The number of para-hydroxylation sites is 1. The number of piperidine rings is 1. The molecule has 2 aliphatic rings. The first-order valence-corrected chi connectivity index (χ1v) is 8.49. The van der Waals surface area contributed by atoms with E-state index in [-0.39, 0.29) is 18.9 Å². The number of hydrogen-bond donors (Lipinski definition) is 2. The van der Waals surface area contributed by atoms with E-state index in [0.29, 0.717) is 43.2 Å². The van der Waals surface area contributed by atoms with Crippen LogP contribution in [0.25, 0.3) is 0 Å². The van der Waals surface area contributed by atoms with E-state index in [2.05, 4.69) is 0 Å². The number of carbonyl (C=O) groups is 2. The second kappa shape index (κ2) is 6.81. The highest BCUT2D eigenvalue weighted by molar-refractivity contribution is 5.97. The fourth-order valence-corrected chi connectivity index (χ4v) is 3.19. The van der Waals surface area contributed by atoms with Gasteiger partial charge in [0.15, 0.2) is 0 Å². The van der Waals surface area contributed by atoms with E-state index < -0.39 is 11.5 Å². The van der Waals surface area contributed by atoms with Gasteiger partial charge >= 0.3 is 0 Å². The maximum Gasteiger partial charge on any atom is 0.257 e. The van der Waals surface area contributed by atoms with Gasteiger partial charge in [-0.1, -0.05) is 12.1 Å². The molecule has 1 aliphatic heterocycles. The van der Waals surface area contributed by atoms with Crippen LogP contribution in [-0.2, 0) is 4.79 Å². The zero-order valence-electron chi connectivity index (χ0n) is 13.7. The van der Waals surface area contributed by atoms with Crippen LogP contribution in [0.4, 0.5) is 0 Å². The molecule has 0 bridgehead atoms. The van der Waals surface area contributed by atoms with Gasteiger partial charge in [-0.15, -0.1) is 0 Å². The van der Waals surface area contributed by atoms with Gasteiger partial charge in [-0.2, -0.15) is 0 Å². The summed E-state index contributed by atoms with van der Waals surface area (Å²) in [5.74, 6) is 0.450. The summed E-state index contributed by atoms with van der Waals surface area (Å²) in [6, 6.07) is 7.19. The molecule has 1 saturated carbocycles. The summed E-state index contributed by atoms with van der Waals surface area (Å²) in [5.41, 5.74) is 4.49. The molecule has 0 spiro atoms. The number of likely N-dealkylation sites (tertiary alicyclic amines) is 1. The van der Waals surface area contributed by atoms with E-state index in [1.54, 1.807) is 23.1 Å². The maximum atomic E-state index is 12.9. The van der Waals surface area contributed by atoms with Gasteiger partial charge in [0.2, 0.25) is 5.91 Å². The third kappa shape index (κ3) is 4.06. The van der Waals surface area contributed by atoms with Crippen molar-refractivity contribution in [2.45, 2.75) is 37.7 Å². The average molecular weight is 332 g/mol. The third-order valence-electron chi connectivity index (χ3n) is 4.63. The zero-order valence-corrected chi connectivity index (χ0v) is 13.7. The summed E-state index contributed by atoms with van der Waals surface area (Å²) in [6.07, 6.45) is 3.35.